The molecule has 0 spiro atoms. The first-order valence-corrected chi connectivity index (χ1v) is 5.34. The van der Waals surface area contributed by atoms with Crippen molar-refractivity contribution in [3.05, 3.63) is 29.1 Å². The van der Waals surface area contributed by atoms with Crippen LogP contribution in [0.3, 0.4) is 0 Å². The van der Waals surface area contributed by atoms with Crippen LogP contribution in [0.4, 0.5) is 0 Å². The first kappa shape index (κ1) is 8.43. The zero-order chi connectivity index (χ0) is 10.3. The van der Waals surface area contributed by atoms with Crippen molar-refractivity contribution in [2.24, 2.45) is 0 Å². The molecule has 0 radical (unpaired) electrons. The molecule has 0 fully saturated rings. The molecule has 3 rings (SSSR count). The maximum absolute atomic E-state index is 9.31. The van der Waals surface area contributed by atoms with Gasteiger partial charge in [-0.25, -0.2) is 9.97 Å². The van der Waals surface area contributed by atoms with Gasteiger partial charge in [0.2, 0.25) is 0 Å². The van der Waals surface area contributed by atoms with E-state index >= 15 is 0 Å². The van der Waals surface area contributed by atoms with Gasteiger partial charge in [-0.05, 0) is 12.1 Å². The van der Waals surface area contributed by atoms with Crippen molar-refractivity contribution in [1.82, 2.24) is 15.0 Å². The summed E-state index contributed by atoms with van der Waals surface area (Å²) in [4.78, 5) is 11.7. The Kier molecular flexibility index (Phi) is 1.72. The van der Waals surface area contributed by atoms with E-state index in [1.165, 1.54) is 11.3 Å². The number of rotatable bonds is 1. The second kappa shape index (κ2) is 3.06. The maximum Gasteiger partial charge on any atom is 0.158 e. The summed E-state index contributed by atoms with van der Waals surface area (Å²) in [6.07, 6.45) is 0. The fourth-order valence-electron chi connectivity index (χ4n) is 1.45. The van der Waals surface area contributed by atoms with E-state index in [1.807, 2.05) is 5.38 Å². The highest BCUT2D eigenvalue weighted by molar-refractivity contribution is 7.07. The normalized spacial score (nSPS) is 10.9. The van der Waals surface area contributed by atoms with E-state index in [4.69, 9.17) is 0 Å². The van der Waals surface area contributed by atoms with Crippen LogP contribution in [0.2, 0.25) is 0 Å². The molecule has 0 amide bonds. The third kappa shape index (κ3) is 1.37. The summed E-state index contributed by atoms with van der Waals surface area (Å²) in [5.41, 5.74) is 4.24. The predicted molar refractivity (Wildman–Crippen MR) is 58.9 cm³/mol. The Bertz CT molecular complexity index is 600. The molecule has 74 valence electrons. The highest BCUT2D eigenvalue weighted by Gasteiger charge is 2.06. The molecule has 2 aromatic heterocycles. The van der Waals surface area contributed by atoms with Gasteiger partial charge in [-0.2, -0.15) is 0 Å². The molecule has 4 nitrogen and oxygen atoms in total. The lowest BCUT2D eigenvalue weighted by molar-refractivity contribution is 0.476. The van der Waals surface area contributed by atoms with Crippen LogP contribution < -0.4 is 0 Å². The topological polar surface area (TPSA) is 61.8 Å². The number of fused-ring (bicyclic) bond motifs is 1. The molecule has 0 aliphatic heterocycles. The monoisotopic (exact) mass is 220 g/mol. The smallest absolute Gasteiger partial charge is 0.158 e. The summed E-state index contributed by atoms with van der Waals surface area (Å²) >= 11 is 1.53. The van der Waals surface area contributed by atoms with E-state index in [9.17, 15) is 5.11 Å². The van der Waals surface area contributed by atoms with Gasteiger partial charge in [0.25, 0.3) is 0 Å². The summed E-state index contributed by atoms with van der Waals surface area (Å²) in [7, 11) is 0. The van der Waals surface area contributed by atoms with Crippen LogP contribution in [0.25, 0.3) is 22.6 Å². The molecule has 0 saturated heterocycles. The van der Waals surface area contributed by atoms with Crippen molar-refractivity contribution in [1.29, 1.82) is 0 Å². The van der Waals surface area contributed by atoms with Gasteiger partial charge in [0.1, 0.15) is 11.4 Å². The number of phenols is 1. The zero-order valence-corrected chi connectivity index (χ0v) is 8.45. The summed E-state index contributed by atoms with van der Waals surface area (Å²) in [5.74, 6) is 0.966. The van der Waals surface area contributed by atoms with Crippen LogP contribution in [0.5, 0.6) is 5.75 Å². The van der Waals surface area contributed by atoms with E-state index in [-0.39, 0.29) is 5.75 Å². The van der Waals surface area contributed by atoms with E-state index in [0.717, 1.165) is 22.6 Å². The molecule has 0 atom stereocenters. The minimum atomic E-state index is 0.232. The molecule has 0 aliphatic carbocycles. The molecule has 2 N–H and O–H groups in total. The summed E-state index contributed by atoms with van der Waals surface area (Å²) < 4.78 is 0. The molecular weight excluding hydrogens is 213 g/mol. The number of imidazole rings is 1. The molecule has 5 heteroatoms. The summed E-state index contributed by atoms with van der Waals surface area (Å²) in [6, 6.07) is 5.04. The first-order chi connectivity index (χ1) is 7.33. The highest BCUT2D eigenvalue weighted by Crippen LogP contribution is 2.22. The molecule has 3 aromatic rings. The van der Waals surface area contributed by atoms with Crippen LogP contribution in [-0.4, -0.2) is 20.1 Å². The van der Waals surface area contributed by atoms with Crippen molar-refractivity contribution in [3.8, 4) is 17.3 Å². The van der Waals surface area contributed by atoms with Crippen molar-refractivity contribution < 1.29 is 5.11 Å². The van der Waals surface area contributed by atoms with Crippen molar-refractivity contribution in [2.45, 2.75) is 0 Å². The third-order valence-electron chi connectivity index (χ3n) is 2.14. The number of H-pyrrole nitrogens is 1. The van der Waals surface area contributed by atoms with Crippen LogP contribution in [-0.2, 0) is 0 Å². The molecular formula is C10H7N3OS. The molecule has 15 heavy (non-hydrogen) atoms. The Morgan fingerprint density at radius 3 is 3.07 bits per heavy atom. The van der Waals surface area contributed by atoms with Gasteiger partial charge < -0.3 is 10.1 Å². The lowest BCUT2D eigenvalue weighted by atomic mass is 10.3. The SMILES string of the molecule is Oc1ccc2n[13c](-[13c]3cscn3)[15nH]c2c1. The van der Waals surface area contributed by atoms with Gasteiger partial charge >= 0.3 is 0 Å². The Morgan fingerprint density at radius 2 is 2.27 bits per heavy atom. The number of benzene rings is 1. The molecule has 1 aromatic carbocycles. The Hall–Kier alpha value is -1.88. The summed E-state index contributed by atoms with van der Waals surface area (Å²) in [6.45, 7) is 0. The number of nitrogens with zero attached hydrogens (tertiary/aromatic N) is 2. The Labute approximate surface area is 89.3 Å². The molecule has 0 saturated carbocycles. The molecule has 0 aliphatic rings. The second-order valence-corrected chi connectivity index (χ2v) is 3.88. The van der Waals surface area contributed by atoms with Crippen molar-refractivity contribution in [3.63, 3.8) is 0 Å². The fourth-order valence-corrected chi connectivity index (χ4v) is 1.99. The number of nitrogens with one attached hydrogen (secondary N) is 1. The van der Waals surface area contributed by atoms with Gasteiger partial charge in [0, 0.05) is 11.4 Å². The minimum Gasteiger partial charge on any atom is -0.508 e. The Morgan fingerprint density at radius 1 is 1.33 bits per heavy atom. The fraction of sp³-hybridized carbons (Fsp3) is 0. The lowest BCUT2D eigenvalue weighted by Crippen LogP contribution is -1.77. The summed E-state index contributed by atoms with van der Waals surface area (Å²) in [5, 5.41) is 11.2. The van der Waals surface area contributed by atoms with E-state index in [0.29, 0.717) is 0 Å². The first-order valence-electron chi connectivity index (χ1n) is 4.40. The van der Waals surface area contributed by atoms with Gasteiger partial charge in [0.15, 0.2) is 5.82 Å². The maximum atomic E-state index is 9.31. The quantitative estimate of drug-likeness (QED) is 0.662. The second-order valence-electron chi connectivity index (χ2n) is 3.16. The molecule has 0 unspecified atom stereocenters. The van der Waals surface area contributed by atoms with Crippen molar-refractivity contribution >= 4 is 22.4 Å². The van der Waals surface area contributed by atoms with E-state index in [2.05, 4.69) is 15.0 Å². The number of hydrogen-bond donors (Lipinski definition) is 2. The highest BCUT2D eigenvalue weighted by atomic mass is 32.1. The number of aromatic nitrogens is 3. The van der Waals surface area contributed by atoms with Gasteiger partial charge in [-0.3, -0.25) is 0 Å². The number of aromatic hydroxyl groups is 1. The van der Waals surface area contributed by atoms with Crippen LogP contribution in [0.15, 0.2) is 29.1 Å². The third-order valence-corrected chi connectivity index (χ3v) is 2.73. The lowest BCUT2D eigenvalue weighted by Gasteiger charge is -1.88. The van der Waals surface area contributed by atoms with Gasteiger partial charge in [-0.1, -0.05) is 0 Å². The average Bonchev–Trinajstić information content (AvgIpc) is 2.84. The van der Waals surface area contributed by atoms with Crippen molar-refractivity contribution in [2.75, 3.05) is 0 Å². The Balaban J connectivity index is 2.22. The minimum absolute atomic E-state index is 0.232. The largest absolute Gasteiger partial charge is 0.508 e. The molecule has 0 bridgehead atoms. The van der Waals surface area contributed by atoms with Crippen LogP contribution in [0.1, 0.15) is 0 Å². The molecule has 2 heterocycles. The van der Waals surface area contributed by atoms with Gasteiger partial charge in [-0.15, -0.1) is 11.3 Å². The standard InChI is InChI=1S/C10H7N3OS/c14-6-1-2-7-8(3-6)13-10(12-7)9-4-15-5-11-9/h1-5,14H,(H,12,13)/i9+1,10+1,13+1. The predicted octanol–water partition coefficient (Wildman–Crippen LogP) is 2.39. The zero-order valence-electron chi connectivity index (χ0n) is 7.64. The number of thiazole rings is 1. The average molecular weight is 220 g/mol. The number of phenolic OH excluding ortho intramolecular Hbond substituents is 1. The number of aromatic amines is 1. The van der Waals surface area contributed by atoms with E-state index < -0.39 is 0 Å². The van der Waals surface area contributed by atoms with Gasteiger partial charge in [0.05, 0.1) is 16.5 Å². The number of hydrogen-bond acceptors (Lipinski definition) is 4. The van der Waals surface area contributed by atoms with Crippen LogP contribution >= 0.6 is 11.3 Å². The van der Waals surface area contributed by atoms with E-state index in [1.54, 1.807) is 23.7 Å². The van der Waals surface area contributed by atoms with Crippen LogP contribution in [0, 0.1) is 0 Å².